The first-order valence-corrected chi connectivity index (χ1v) is 9.16. The maximum Gasteiger partial charge on any atom is 0.389 e. The molecule has 3 aromatic rings. The van der Waals surface area contributed by atoms with Gasteiger partial charge in [-0.2, -0.15) is 13.2 Å². The van der Waals surface area contributed by atoms with Gasteiger partial charge in [0.2, 0.25) is 0 Å². The van der Waals surface area contributed by atoms with E-state index >= 15 is 0 Å². The van der Waals surface area contributed by atoms with Crippen LogP contribution in [0, 0.1) is 6.92 Å². The van der Waals surface area contributed by atoms with E-state index in [0.29, 0.717) is 10.8 Å². The number of aromatic nitrogens is 2. The molecule has 146 valence electrons. The summed E-state index contributed by atoms with van der Waals surface area (Å²) < 4.78 is 38.5. The van der Waals surface area contributed by atoms with E-state index in [0.717, 1.165) is 22.4 Å². The lowest BCUT2D eigenvalue weighted by atomic mass is 9.95. The first-order valence-electron chi connectivity index (χ1n) is 8.78. The highest BCUT2D eigenvalue weighted by molar-refractivity contribution is 6.30. The van der Waals surface area contributed by atoms with Crippen LogP contribution < -0.4 is 5.32 Å². The molecule has 1 N–H and O–H groups in total. The van der Waals surface area contributed by atoms with E-state index in [2.05, 4.69) is 15.3 Å². The number of hydrogen-bond acceptors (Lipinski definition) is 3. The van der Waals surface area contributed by atoms with Gasteiger partial charge in [0.25, 0.3) is 0 Å². The molecule has 0 aliphatic carbocycles. The predicted octanol–water partition coefficient (Wildman–Crippen LogP) is 6.60. The van der Waals surface area contributed by atoms with Crippen molar-refractivity contribution < 1.29 is 13.2 Å². The zero-order chi connectivity index (χ0) is 20.1. The van der Waals surface area contributed by atoms with Crippen LogP contribution in [0.5, 0.6) is 0 Å². The third-order valence-electron chi connectivity index (χ3n) is 4.35. The van der Waals surface area contributed by atoms with Gasteiger partial charge in [0, 0.05) is 30.1 Å². The molecule has 0 amide bonds. The number of halogens is 4. The number of para-hydroxylation sites is 1. The zero-order valence-corrected chi connectivity index (χ0v) is 15.9. The Kier molecular flexibility index (Phi) is 6.19. The predicted molar refractivity (Wildman–Crippen MR) is 105 cm³/mol. The summed E-state index contributed by atoms with van der Waals surface area (Å²) >= 11 is 5.82. The quantitative estimate of drug-likeness (QED) is 0.502. The fourth-order valence-corrected chi connectivity index (χ4v) is 3.11. The summed E-state index contributed by atoms with van der Waals surface area (Å²) in [6.07, 6.45) is -2.11. The Bertz CT molecular complexity index is 912. The van der Waals surface area contributed by atoms with E-state index in [-0.39, 0.29) is 6.42 Å². The number of benzene rings is 2. The molecule has 0 aliphatic heterocycles. The van der Waals surface area contributed by atoms with E-state index in [1.165, 1.54) is 12.4 Å². The fourth-order valence-electron chi connectivity index (χ4n) is 3.02. The number of nitrogens with zero attached hydrogens (tertiary/aromatic N) is 2. The van der Waals surface area contributed by atoms with Gasteiger partial charge in [-0.15, -0.1) is 0 Å². The lowest BCUT2D eigenvalue weighted by Crippen LogP contribution is -2.16. The summed E-state index contributed by atoms with van der Waals surface area (Å²) in [5, 5.41) is 3.67. The highest BCUT2D eigenvalue weighted by atomic mass is 35.5. The van der Waals surface area contributed by atoms with Crippen molar-refractivity contribution in [3.05, 3.63) is 77.1 Å². The Balaban J connectivity index is 1.88. The van der Waals surface area contributed by atoms with E-state index in [4.69, 9.17) is 11.6 Å². The van der Waals surface area contributed by atoms with Gasteiger partial charge in [-0.05, 0) is 42.7 Å². The molecule has 3 nitrogen and oxygen atoms in total. The summed E-state index contributed by atoms with van der Waals surface area (Å²) in [5.74, 6) is 0.516. The van der Waals surface area contributed by atoms with Crippen molar-refractivity contribution in [2.45, 2.75) is 32.0 Å². The zero-order valence-electron chi connectivity index (χ0n) is 15.2. The van der Waals surface area contributed by atoms with Crippen molar-refractivity contribution in [3.8, 4) is 11.4 Å². The lowest BCUT2D eigenvalue weighted by molar-refractivity contribution is -0.136. The standard InChI is InChI=1S/C21H19ClF3N3/c1-14-11-15(20-26-12-16(22)13-27-20)7-8-18(14)19(9-10-21(23,24)25)28-17-5-3-2-4-6-17/h2-8,11-13,19,28H,9-10H2,1H3. The maximum absolute atomic E-state index is 12.8. The number of aryl methyl sites for hydroxylation is 1. The molecule has 0 saturated heterocycles. The van der Waals surface area contributed by atoms with Crippen LogP contribution in [0.25, 0.3) is 11.4 Å². The van der Waals surface area contributed by atoms with Crippen molar-refractivity contribution in [1.82, 2.24) is 9.97 Å². The highest BCUT2D eigenvalue weighted by Gasteiger charge is 2.29. The molecule has 1 atom stereocenters. The van der Waals surface area contributed by atoms with Gasteiger partial charge >= 0.3 is 6.18 Å². The molecular weight excluding hydrogens is 387 g/mol. The lowest BCUT2D eigenvalue weighted by Gasteiger charge is -2.23. The molecule has 7 heteroatoms. The topological polar surface area (TPSA) is 37.8 Å². The number of nitrogens with one attached hydrogen (secondary N) is 1. The number of rotatable bonds is 6. The Labute approximate surface area is 166 Å². The van der Waals surface area contributed by atoms with Gasteiger partial charge in [-0.1, -0.05) is 41.9 Å². The van der Waals surface area contributed by atoms with Crippen molar-refractivity contribution >= 4 is 17.3 Å². The second-order valence-electron chi connectivity index (χ2n) is 6.51. The molecule has 0 saturated carbocycles. The van der Waals surface area contributed by atoms with Gasteiger partial charge in [0.1, 0.15) is 0 Å². The highest BCUT2D eigenvalue weighted by Crippen LogP contribution is 2.33. The first kappa shape index (κ1) is 20.1. The van der Waals surface area contributed by atoms with Crippen LogP contribution in [-0.4, -0.2) is 16.1 Å². The van der Waals surface area contributed by atoms with Crippen molar-refractivity contribution in [3.63, 3.8) is 0 Å². The Morgan fingerprint density at radius 1 is 1.04 bits per heavy atom. The molecule has 1 unspecified atom stereocenters. The summed E-state index contributed by atoms with van der Waals surface area (Å²) in [7, 11) is 0. The molecule has 1 aromatic heterocycles. The van der Waals surface area contributed by atoms with E-state index in [9.17, 15) is 13.2 Å². The fraction of sp³-hybridized carbons (Fsp3) is 0.238. The molecule has 0 aliphatic rings. The SMILES string of the molecule is Cc1cc(-c2ncc(Cl)cn2)ccc1C(CCC(F)(F)F)Nc1ccccc1. The third-order valence-corrected chi connectivity index (χ3v) is 4.55. The van der Waals surface area contributed by atoms with E-state index < -0.39 is 18.6 Å². The van der Waals surface area contributed by atoms with Crippen LogP contribution in [0.2, 0.25) is 5.02 Å². The summed E-state index contributed by atoms with van der Waals surface area (Å²) in [6.45, 7) is 1.88. The molecule has 3 rings (SSSR count). The van der Waals surface area contributed by atoms with Crippen LogP contribution >= 0.6 is 11.6 Å². The van der Waals surface area contributed by atoms with Crippen molar-refractivity contribution in [2.75, 3.05) is 5.32 Å². The molecule has 0 bridgehead atoms. The van der Waals surface area contributed by atoms with Gasteiger partial charge in [-0.3, -0.25) is 0 Å². The summed E-state index contributed by atoms with van der Waals surface area (Å²) in [4.78, 5) is 8.39. The maximum atomic E-state index is 12.8. The molecule has 0 radical (unpaired) electrons. The third kappa shape index (κ3) is 5.45. The monoisotopic (exact) mass is 405 g/mol. The minimum absolute atomic E-state index is 0.0595. The Hall–Kier alpha value is -2.60. The first-order chi connectivity index (χ1) is 13.3. The average Bonchev–Trinajstić information content (AvgIpc) is 2.66. The van der Waals surface area contributed by atoms with Gasteiger partial charge in [0.05, 0.1) is 11.1 Å². The largest absolute Gasteiger partial charge is 0.389 e. The summed E-state index contributed by atoms with van der Waals surface area (Å²) in [6, 6.07) is 14.3. The van der Waals surface area contributed by atoms with Crippen LogP contribution in [0.1, 0.15) is 30.0 Å². The van der Waals surface area contributed by atoms with Crippen molar-refractivity contribution in [1.29, 1.82) is 0 Å². The van der Waals surface area contributed by atoms with Crippen LogP contribution in [0.3, 0.4) is 0 Å². The van der Waals surface area contributed by atoms with Crippen LogP contribution in [-0.2, 0) is 0 Å². The molecule has 2 aromatic carbocycles. The molecule has 1 heterocycles. The molecule has 28 heavy (non-hydrogen) atoms. The normalized spacial score (nSPS) is 12.6. The average molecular weight is 406 g/mol. The van der Waals surface area contributed by atoms with Crippen LogP contribution in [0.15, 0.2) is 60.9 Å². The van der Waals surface area contributed by atoms with Crippen molar-refractivity contribution in [2.24, 2.45) is 0 Å². The molecule has 0 spiro atoms. The second kappa shape index (κ2) is 8.61. The number of alkyl halides is 3. The minimum atomic E-state index is -4.21. The smallest absolute Gasteiger partial charge is 0.378 e. The molecular formula is C21H19ClF3N3. The number of hydrogen-bond donors (Lipinski definition) is 1. The molecule has 0 fully saturated rings. The number of anilines is 1. The van der Waals surface area contributed by atoms with Crippen LogP contribution in [0.4, 0.5) is 18.9 Å². The van der Waals surface area contributed by atoms with Gasteiger partial charge < -0.3 is 5.32 Å². The van der Waals surface area contributed by atoms with Gasteiger partial charge in [0.15, 0.2) is 5.82 Å². The van der Waals surface area contributed by atoms with E-state index in [1.807, 2.05) is 55.5 Å². The second-order valence-corrected chi connectivity index (χ2v) is 6.95. The Morgan fingerprint density at radius 2 is 1.71 bits per heavy atom. The minimum Gasteiger partial charge on any atom is -0.378 e. The summed E-state index contributed by atoms with van der Waals surface area (Å²) in [5.41, 5.74) is 3.24. The van der Waals surface area contributed by atoms with Gasteiger partial charge in [-0.25, -0.2) is 9.97 Å². The van der Waals surface area contributed by atoms with E-state index in [1.54, 1.807) is 0 Å². The Morgan fingerprint density at radius 3 is 2.32 bits per heavy atom.